The van der Waals surface area contributed by atoms with Crippen LogP contribution < -0.4 is 5.73 Å². The molecule has 0 fully saturated rings. The summed E-state index contributed by atoms with van der Waals surface area (Å²) in [4.78, 5) is 16.5. The number of nitrogens with two attached hydrogens (primary N) is 1. The minimum absolute atomic E-state index is 0.154. The monoisotopic (exact) mass is 961 g/mol. The van der Waals surface area contributed by atoms with Crippen LogP contribution in [0.3, 0.4) is 0 Å². The Morgan fingerprint density at radius 2 is 0.627 bits per heavy atom. The minimum Gasteiger partial charge on any atom is -0.321 e. The van der Waals surface area contributed by atoms with E-state index in [4.69, 9.17) is 5.73 Å². The maximum absolute atomic E-state index is 16.5. The maximum atomic E-state index is 16.5. The molecule has 1 atom stereocenters. The molecule has 6 heteroatoms. The van der Waals surface area contributed by atoms with Gasteiger partial charge in [-0.25, -0.2) is 0 Å². The summed E-state index contributed by atoms with van der Waals surface area (Å²) < 4.78 is 9.44. The number of hydrogen-bond acceptors (Lipinski definition) is 2. The van der Waals surface area contributed by atoms with E-state index in [9.17, 15) is 0 Å². The lowest BCUT2D eigenvalue weighted by atomic mass is 9.91. The lowest BCUT2D eigenvalue weighted by molar-refractivity contribution is 0.0961. The van der Waals surface area contributed by atoms with E-state index in [-0.39, 0.29) is 12.2 Å². The van der Waals surface area contributed by atoms with E-state index in [0.717, 1.165) is 127 Å². The van der Waals surface area contributed by atoms with Gasteiger partial charge in [0.15, 0.2) is 5.78 Å². The smallest absolute Gasteiger partial charge is 0.182 e. The van der Waals surface area contributed by atoms with Crippen molar-refractivity contribution in [2.45, 2.75) is 12.5 Å². The van der Waals surface area contributed by atoms with Crippen molar-refractivity contribution in [2.24, 2.45) is 5.73 Å². The average molecular weight is 962 g/mol. The van der Waals surface area contributed by atoms with Gasteiger partial charge in [0, 0.05) is 59.8 Å². The molecule has 0 radical (unpaired) electrons. The number of ketones is 1. The number of nitrogens with zero attached hydrogens (tertiary/aromatic N) is 4. The third-order valence-electron chi connectivity index (χ3n) is 15.6. The number of hydrogen-bond donors (Lipinski definition) is 1. The molecule has 4 aromatic heterocycles. The molecule has 75 heavy (non-hydrogen) atoms. The van der Waals surface area contributed by atoms with Crippen LogP contribution in [0.4, 0.5) is 0 Å². The Labute approximate surface area is 432 Å². The van der Waals surface area contributed by atoms with Crippen molar-refractivity contribution in [3.05, 3.63) is 266 Å². The fourth-order valence-corrected chi connectivity index (χ4v) is 12.5. The van der Waals surface area contributed by atoms with E-state index in [2.05, 4.69) is 267 Å². The molecule has 0 aliphatic carbocycles. The van der Waals surface area contributed by atoms with Gasteiger partial charge >= 0.3 is 0 Å². The lowest BCUT2D eigenvalue weighted by Gasteiger charge is -2.25. The van der Waals surface area contributed by atoms with Crippen molar-refractivity contribution >= 4 is 93.0 Å². The molecule has 0 saturated carbocycles. The highest BCUT2D eigenvalue weighted by molar-refractivity contribution is 6.16. The van der Waals surface area contributed by atoms with E-state index in [1.54, 1.807) is 0 Å². The van der Waals surface area contributed by atoms with Gasteiger partial charge in [0.2, 0.25) is 0 Å². The molecule has 0 bridgehead atoms. The second-order valence-corrected chi connectivity index (χ2v) is 19.7. The lowest BCUT2D eigenvalue weighted by Crippen LogP contribution is -2.34. The fourth-order valence-electron chi connectivity index (χ4n) is 12.5. The fraction of sp³-hybridized carbons (Fsp3) is 0.0290. The normalized spacial score (nSPS) is 12.4. The highest BCUT2D eigenvalue weighted by Gasteiger charge is 2.31. The van der Waals surface area contributed by atoms with Crippen LogP contribution >= 0.6 is 0 Å². The van der Waals surface area contributed by atoms with E-state index in [1.807, 2.05) is 6.07 Å². The van der Waals surface area contributed by atoms with Gasteiger partial charge in [0.05, 0.1) is 72.9 Å². The molecule has 15 aromatic rings. The standard InChI is InChI=1S/C69H47N5O/c70-56(43-55-65(71-57-31-12-4-23-46(57)47-24-5-13-32-58(47)71)39-20-40-66(55)72-59-33-14-6-25-48(59)49-26-7-15-34-60(49)72)69(75)54-42-41-45(44-21-2-1-3-22-44)67(73-61-35-16-8-27-50(61)51-28-9-17-36-62(51)73)68(54)74-63-37-18-10-29-52(63)53-30-11-19-38-64(53)74/h1-42,56H,43,70H2/t56-/m0/s1. The summed E-state index contributed by atoms with van der Waals surface area (Å²) in [5, 5.41) is 9.11. The van der Waals surface area contributed by atoms with Crippen molar-refractivity contribution in [2.75, 3.05) is 0 Å². The summed E-state index contributed by atoms with van der Waals surface area (Å²) in [6.45, 7) is 0. The van der Waals surface area contributed by atoms with Crippen LogP contribution in [-0.4, -0.2) is 30.1 Å². The molecule has 15 rings (SSSR count). The number of benzene rings is 11. The van der Waals surface area contributed by atoms with Crippen molar-refractivity contribution in [3.8, 4) is 33.9 Å². The van der Waals surface area contributed by atoms with Crippen LogP contribution in [0.25, 0.3) is 121 Å². The second-order valence-electron chi connectivity index (χ2n) is 19.7. The number of para-hydroxylation sites is 8. The Morgan fingerprint density at radius 3 is 0.987 bits per heavy atom. The molecule has 2 N–H and O–H groups in total. The molecule has 354 valence electrons. The minimum atomic E-state index is -0.980. The third kappa shape index (κ3) is 6.40. The van der Waals surface area contributed by atoms with E-state index in [1.165, 1.54) is 0 Å². The predicted octanol–water partition coefficient (Wildman–Crippen LogP) is 16.5. The first-order valence-corrected chi connectivity index (χ1v) is 25.7. The van der Waals surface area contributed by atoms with Gasteiger partial charge in [-0.15, -0.1) is 0 Å². The Bertz CT molecular complexity index is 4450. The molecule has 11 aromatic carbocycles. The van der Waals surface area contributed by atoms with Gasteiger partial charge in [0.25, 0.3) is 0 Å². The first-order valence-electron chi connectivity index (χ1n) is 25.7. The first kappa shape index (κ1) is 42.9. The molecular formula is C69H47N5O. The van der Waals surface area contributed by atoms with Crippen LogP contribution in [0, 0.1) is 0 Å². The van der Waals surface area contributed by atoms with Crippen LogP contribution in [0.15, 0.2) is 255 Å². The van der Waals surface area contributed by atoms with Gasteiger partial charge in [-0.05, 0) is 78.7 Å². The molecule has 0 spiro atoms. The van der Waals surface area contributed by atoms with Crippen LogP contribution in [-0.2, 0) is 6.42 Å². The molecule has 0 unspecified atom stereocenters. The number of Topliss-reactive ketones (excluding diaryl/α,β-unsaturated/α-hetero) is 1. The topological polar surface area (TPSA) is 62.8 Å². The summed E-state index contributed by atoms with van der Waals surface area (Å²) in [5.74, 6) is -0.154. The average Bonchev–Trinajstić information content (AvgIpc) is 4.20. The highest BCUT2D eigenvalue weighted by atomic mass is 16.1. The third-order valence-corrected chi connectivity index (χ3v) is 15.6. The van der Waals surface area contributed by atoms with E-state index < -0.39 is 6.04 Å². The number of fused-ring (bicyclic) bond motifs is 12. The molecule has 0 aliphatic rings. The quantitative estimate of drug-likeness (QED) is 0.147. The SMILES string of the molecule is N[C@@H](Cc1c(-n2c3ccccc3c3ccccc32)cccc1-n1c2ccccc2c2ccccc21)C(=O)c1ccc(-c2ccccc2)c(-n2c3ccccc3c3ccccc32)c1-n1c2ccccc2c2ccccc21. The van der Waals surface area contributed by atoms with Gasteiger partial charge in [0.1, 0.15) is 0 Å². The predicted molar refractivity (Wildman–Crippen MR) is 312 cm³/mol. The van der Waals surface area contributed by atoms with Gasteiger partial charge in [-0.1, -0.05) is 188 Å². The van der Waals surface area contributed by atoms with Crippen LogP contribution in [0.2, 0.25) is 0 Å². The highest BCUT2D eigenvalue weighted by Crippen LogP contribution is 2.45. The summed E-state index contributed by atoms with van der Waals surface area (Å²) in [6, 6.07) is 89.0. The van der Waals surface area contributed by atoms with Crippen molar-refractivity contribution in [3.63, 3.8) is 0 Å². The Hall–Kier alpha value is -9.75. The van der Waals surface area contributed by atoms with E-state index >= 15 is 4.79 Å². The van der Waals surface area contributed by atoms with Gasteiger partial charge < -0.3 is 24.0 Å². The van der Waals surface area contributed by atoms with Crippen LogP contribution in [0.1, 0.15) is 15.9 Å². The van der Waals surface area contributed by atoms with Gasteiger partial charge in [-0.2, -0.15) is 0 Å². The zero-order valence-corrected chi connectivity index (χ0v) is 40.8. The molecule has 0 aliphatic heterocycles. The Morgan fingerprint density at radius 1 is 0.320 bits per heavy atom. The van der Waals surface area contributed by atoms with Crippen molar-refractivity contribution in [1.82, 2.24) is 18.3 Å². The summed E-state index contributed by atoms with van der Waals surface area (Å²) in [6.07, 6.45) is 0.240. The molecular weight excluding hydrogens is 915 g/mol. The number of carbonyl (C=O) groups excluding carboxylic acids is 1. The van der Waals surface area contributed by atoms with Gasteiger partial charge in [-0.3, -0.25) is 4.79 Å². The summed E-state index contributed by atoms with van der Waals surface area (Å²) in [5.41, 5.74) is 23.3. The van der Waals surface area contributed by atoms with Crippen LogP contribution in [0.5, 0.6) is 0 Å². The Balaban J connectivity index is 1.03. The molecule has 0 amide bonds. The number of carbonyl (C=O) groups is 1. The van der Waals surface area contributed by atoms with E-state index in [0.29, 0.717) is 5.56 Å². The van der Waals surface area contributed by atoms with Crippen molar-refractivity contribution < 1.29 is 4.79 Å². The maximum Gasteiger partial charge on any atom is 0.182 e. The molecule has 0 saturated heterocycles. The zero-order chi connectivity index (χ0) is 49.7. The number of rotatable bonds is 9. The largest absolute Gasteiger partial charge is 0.321 e. The molecule has 4 heterocycles. The summed E-state index contributed by atoms with van der Waals surface area (Å²) in [7, 11) is 0. The number of aromatic nitrogens is 4. The summed E-state index contributed by atoms with van der Waals surface area (Å²) >= 11 is 0. The Kier molecular flexibility index (Phi) is 9.68. The zero-order valence-electron chi connectivity index (χ0n) is 40.8. The first-order chi connectivity index (χ1) is 37.1. The second kappa shape index (κ2) is 16.9. The van der Waals surface area contributed by atoms with Crippen molar-refractivity contribution in [1.29, 1.82) is 0 Å². The molecule has 6 nitrogen and oxygen atoms in total.